The predicted octanol–water partition coefficient (Wildman–Crippen LogP) is 4.03. The summed E-state index contributed by atoms with van der Waals surface area (Å²) in [6.45, 7) is 4.14. The molecule has 0 saturated heterocycles. The molecule has 0 amide bonds. The second kappa shape index (κ2) is 5.28. The topological polar surface area (TPSA) is 0 Å². The lowest BCUT2D eigenvalue weighted by atomic mass is 10.2. The van der Waals surface area contributed by atoms with E-state index in [4.69, 9.17) is 0 Å². The third kappa shape index (κ3) is 3.39. The van der Waals surface area contributed by atoms with Gasteiger partial charge in [0.15, 0.2) is 0 Å². The van der Waals surface area contributed by atoms with Crippen LogP contribution in [0.5, 0.6) is 0 Å². The molecule has 0 radical (unpaired) electrons. The van der Waals surface area contributed by atoms with Crippen molar-refractivity contribution in [3.63, 3.8) is 0 Å². The SMILES string of the molecule is CCCCSc1cc(C)ccc1F. The number of benzene rings is 1. The highest BCUT2D eigenvalue weighted by Crippen LogP contribution is 2.23. The minimum absolute atomic E-state index is 0.0910. The molecule has 0 unspecified atom stereocenters. The molecule has 13 heavy (non-hydrogen) atoms. The Balaban J connectivity index is 2.59. The first-order chi connectivity index (χ1) is 6.24. The summed E-state index contributed by atoms with van der Waals surface area (Å²) in [6.07, 6.45) is 2.32. The van der Waals surface area contributed by atoms with Gasteiger partial charge in [-0.1, -0.05) is 19.4 Å². The first-order valence-electron chi connectivity index (χ1n) is 4.63. The molecule has 0 aliphatic carbocycles. The smallest absolute Gasteiger partial charge is 0.136 e. The lowest BCUT2D eigenvalue weighted by Gasteiger charge is -2.03. The zero-order valence-electron chi connectivity index (χ0n) is 8.14. The molecule has 0 spiro atoms. The summed E-state index contributed by atoms with van der Waals surface area (Å²) in [6, 6.07) is 5.26. The van der Waals surface area contributed by atoms with Crippen LogP contribution in [-0.2, 0) is 0 Å². The van der Waals surface area contributed by atoms with Gasteiger partial charge in [-0.3, -0.25) is 0 Å². The molecule has 0 saturated carbocycles. The Bertz CT molecular complexity index is 271. The standard InChI is InChI=1S/C11H15FS/c1-3-4-7-13-11-8-9(2)5-6-10(11)12/h5-6,8H,3-4,7H2,1-2H3. The average Bonchev–Trinajstić information content (AvgIpc) is 2.11. The number of hydrogen-bond acceptors (Lipinski definition) is 1. The van der Waals surface area contributed by atoms with Crippen molar-refractivity contribution in [2.75, 3.05) is 5.75 Å². The minimum Gasteiger partial charge on any atom is -0.206 e. The Labute approximate surface area is 83.5 Å². The van der Waals surface area contributed by atoms with Crippen LogP contribution >= 0.6 is 11.8 Å². The second-order valence-corrected chi connectivity index (χ2v) is 4.27. The molecule has 0 aliphatic rings. The zero-order valence-corrected chi connectivity index (χ0v) is 8.96. The van der Waals surface area contributed by atoms with Crippen LogP contribution in [0.25, 0.3) is 0 Å². The fourth-order valence-corrected chi connectivity index (χ4v) is 2.18. The monoisotopic (exact) mass is 198 g/mol. The first-order valence-corrected chi connectivity index (χ1v) is 5.61. The van der Waals surface area contributed by atoms with Gasteiger partial charge in [-0.15, -0.1) is 11.8 Å². The largest absolute Gasteiger partial charge is 0.206 e. The summed E-state index contributed by atoms with van der Waals surface area (Å²) in [7, 11) is 0. The van der Waals surface area contributed by atoms with E-state index in [1.165, 1.54) is 6.42 Å². The number of halogens is 1. The van der Waals surface area contributed by atoms with Crippen LogP contribution in [0.4, 0.5) is 4.39 Å². The highest BCUT2D eigenvalue weighted by Gasteiger charge is 2.01. The van der Waals surface area contributed by atoms with Crippen molar-refractivity contribution in [2.45, 2.75) is 31.6 Å². The van der Waals surface area contributed by atoms with Crippen molar-refractivity contribution in [3.05, 3.63) is 29.6 Å². The van der Waals surface area contributed by atoms with E-state index in [1.807, 2.05) is 13.0 Å². The number of aryl methyl sites for hydroxylation is 1. The molecule has 2 heteroatoms. The Morgan fingerprint density at radius 2 is 2.15 bits per heavy atom. The molecule has 0 fully saturated rings. The Hall–Kier alpha value is -0.500. The van der Waals surface area contributed by atoms with Gasteiger partial charge in [0.1, 0.15) is 5.82 Å². The van der Waals surface area contributed by atoms with Gasteiger partial charge >= 0.3 is 0 Å². The fraction of sp³-hybridized carbons (Fsp3) is 0.455. The van der Waals surface area contributed by atoms with Crippen molar-refractivity contribution in [1.29, 1.82) is 0 Å². The van der Waals surface area contributed by atoms with Gasteiger partial charge in [0, 0.05) is 4.90 Å². The number of thioether (sulfide) groups is 1. The molecule has 0 N–H and O–H groups in total. The summed E-state index contributed by atoms with van der Waals surface area (Å²) in [5, 5.41) is 0. The van der Waals surface area contributed by atoms with Gasteiger partial charge in [0.05, 0.1) is 0 Å². The number of rotatable bonds is 4. The van der Waals surface area contributed by atoms with Gasteiger partial charge in [-0.2, -0.15) is 0 Å². The Kier molecular flexibility index (Phi) is 4.29. The van der Waals surface area contributed by atoms with E-state index < -0.39 is 0 Å². The van der Waals surface area contributed by atoms with Crippen molar-refractivity contribution in [1.82, 2.24) is 0 Å². The lowest BCUT2D eigenvalue weighted by Crippen LogP contribution is -1.84. The Morgan fingerprint density at radius 1 is 1.38 bits per heavy atom. The van der Waals surface area contributed by atoms with E-state index in [1.54, 1.807) is 23.9 Å². The molecule has 1 aromatic carbocycles. The summed E-state index contributed by atoms with van der Waals surface area (Å²) in [4.78, 5) is 0.786. The second-order valence-electron chi connectivity index (χ2n) is 3.14. The Morgan fingerprint density at radius 3 is 2.85 bits per heavy atom. The first kappa shape index (κ1) is 10.6. The molecule has 1 rings (SSSR count). The number of unbranched alkanes of at least 4 members (excludes halogenated alkanes) is 1. The zero-order chi connectivity index (χ0) is 9.68. The molecule has 0 aromatic heterocycles. The molecule has 72 valence electrons. The van der Waals surface area contributed by atoms with Crippen LogP contribution in [0.1, 0.15) is 25.3 Å². The van der Waals surface area contributed by atoms with Gasteiger partial charge in [-0.25, -0.2) is 4.39 Å². The predicted molar refractivity (Wildman–Crippen MR) is 56.8 cm³/mol. The van der Waals surface area contributed by atoms with Crippen LogP contribution in [0.2, 0.25) is 0 Å². The van der Waals surface area contributed by atoms with E-state index in [9.17, 15) is 4.39 Å². The maximum Gasteiger partial charge on any atom is 0.136 e. The molecule has 0 bridgehead atoms. The van der Waals surface area contributed by atoms with E-state index in [0.29, 0.717) is 0 Å². The molecular formula is C11H15FS. The lowest BCUT2D eigenvalue weighted by molar-refractivity contribution is 0.601. The molecular weight excluding hydrogens is 183 g/mol. The van der Waals surface area contributed by atoms with Gasteiger partial charge in [-0.05, 0) is 36.8 Å². The number of hydrogen-bond donors (Lipinski definition) is 0. The summed E-state index contributed by atoms with van der Waals surface area (Å²) in [5.74, 6) is 0.920. The van der Waals surface area contributed by atoms with E-state index in [-0.39, 0.29) is 5.82 Å². The third-order valence-corrected chi connectivity index (χ3v) is 2.96. The average molecular weight is 198 g/mol. The third-order valence-electron chi connectivity index (χ3n) is 1.84. The maximum atomic E-state index is 13.2. The van der Waals surface area contributed by atoms with Crippen LogP contribution in [0.15, 0.2) is 23.1 Å². The van der Waals surface area contributed by atoms with Gasteiger partial charge in [0.2, 0.25) is 0 Å². The van der Waals surface area contributed by atoms with Crippen LogP contribution in [0, 0.1) is 12.7 Å². The summed E-state index contributed by atoms with van der Waals surface area (Å²) >= 11 is 1.61. The van der Waals surface area contributed by atoms with Crippen molar-refractivity contribution >= 4 is 11.8 Å². The van der Waals surface area contributed by atoms with Crippen molar-refractivity contribution in [3.8, 4) is 0 Å². The fourth-order valence-electron chi connectivity index (χ4n) is 1.05. The quantitative estimate of drug-likeness (QED) is 0.520. The highest BCUT2D eigenvalue weighted by atomic mass is 32.2. The minimum atomic E-state index is -0.0910. The molecule has 1 aromatic rings. The normalized spacial score (nSPS) is 10.4. The summed E-state index contributed by atoms with van der Waals surface area (Å²) in [5.41, 5.74) is 1.13. The molecule has 0 heterocycles. The van der Waals surface area contributed by atoms with E-state index in [0.717, 1.165) is 22.6 Å². The highest BCUT2D eigenvalue weighted by molar-refractivity contribution is 7.99. The molecule has 0 atom stereocenters. The van der Waals surface area contributed by atoms with Crippen molar-refractivity contribution < 1.29 is 4.39 Å². The van der Waals surface area contributed by atoms with E-state index in [2.05, 4.69) is 6.92 Å². The van der Waals surface area contributed by atoms with Crippen LogP contribution in [-0.4, -0.2) is 5.75 Å². The van der Waals surface area contributed by atoms with Crippen molar-refractivity contribution in [2.24, 2.45) is 0 Å². The van der Waals surface area contributed by atoms with Crippen LogP contribution < -0.4 is 0 Å². The van der Waals surface area contributed by atoms with Gasteiger partial charge in [0.25, 0.3) is 0 Å². The van der Waals surface area contributed by atoms with Gasteiger partial charge < -0.3 is 0 Å². The maximum absolute atomic E-state index is 13.2. The van der Waals surface area contributed by atoms with Crippen LogP contribution in [0.3, 0.4) is 0 Å². The molecule has 0 nitrogen and oxygen atoms in total. The summed E-state index contributed by atoms with van der Waals surface area (Å²) < 4.78 is 13.2. The van der Waals surface area contributed by atoms with E-state index >= 15 is 0 Å². The molecule has 0 aliphatic heterocycles.